The highest BCUT2D eigenvalue weighted by Gasteiger charge is 2.00. The molecule has 0 fully saturated rings. The predicted molar refractivity (Wildman–Crippen MR) is 85.4 cm³/mol. The van der Waals surface area contributed by atoms with Crippen LogP contribution in [0.4, 0.5) is 5.82 Å². The number of anilines is 1. The van der Waals surface area contributed by atoms with Gasteiger partial charge in [-0.15, -0.1) is 0 Å². The van der Waals surface area contributed by atoms with E-state index in [1.54, 1.807) is 0 Å². The molecule has 0 saturated heterocycles. The molecule has 0 saturated carbocycles. The van der Waals surface area contributed by atoms with Crippen LogP contribution in [0.1, 0.15) is 37.9 Å². The molecule has 2 N–H and O–H groups in total. The fourth-order valence-corrected chi connectivity index (χ4v) is 2.01. The Hall–Kier alpha value is -1.13. The van der Waals surface area contributed by atoms with E-state index in [2.05, 4.69) is 48.5 Å². The minimum atomic E-state index is 0.325. The molecule has 0 spiro atoms. The third-order valence-corrected chi connectivity index (χ3v) is 3.16. The van der Waals surface area contributed by atoms with Crippen LogP contribution in [-0.2, 0) is 11.2 Å². The standard InChI is InChI=1S/C16H29N3O/c1-13(2)20-12-11-18-10-6-5-7-15-9-8-14(3)16(17-4)19-15/h8-9,13,18H,5-7,10-12H2,1-4H3,(H,17,19). The van der Waals surface area contributed by atoms with Crippen LogP contribution >= 0.6 is 0 Å². The fraction of sp³-hybridized carbons (Fsp3) is 0.688. The number of aryl methyl sites for hydroxylation is 2. The summed E-state index contributed by atoms with van der Waals surface area (Å²) in [4.78, 5) is 4.61. The van der Waals surface area contributed by atoms with Crippen molar-refractivity contribution in [2.45, 2.75) is 46.1 Å². The Bertz CT molecular complexity index is 380. The maximum absolute atomic E-state index is 5.47. The molecule has 1 aromatic rings. The quantitative estimate of drug-likeness (QED) is 0.647. The highest BCUT2D eigenvalue weighted by Crippen LogP contribution is 2.12. The van der Waals surface area contributed by atoms with Gasteiger partial charge in [0, 0.05) is 19.3 Å². The molecule has 1 rings (SSSR count). The smallest absolute Gasteiger partial charge is 0.128 e. The molecule has 0 bridgehead atoms. The van der Waals surface area contributed by atoms with E-state index in [4.69, 9.17) is 4.74 Å². The van der Waals surface area contributed by atoms with Crippen LogP contribution in [0.2, 0.25) is 0 Å². The number of ether oxygens (including phenoxy) is 1. The number of rotatable bonds is 10. The van der Waals surface area contributed by atoms with Gasteiger partial charge in [-0.1, -0.05) is 6.07 Å². The molecule has 0 radical (unpaired) electrons. The second kappa shape index (κ2) is 9.72. The molecule has 20 heavy (non-hydrogen) atoms. The van der Waals surface area contributed by atoms with E-state index in [1.807, 2.05) is 7.05 Å². The van der Waals surface area contributed by atoms with Gasteiger partial charge in [0.25, 0.3) is 0 Å². The van der Waals surface area contributed by atoms with Crippen LogP contribution in [0.25, 0.3) is 0 Å². The van der Waals surface area contributed by atoms with Crippen LogP contribution in [0.15, 0.2) is 12.1 Å². The highest BCUT2D eigenvalue weighted by atomic mass is 16.5. The molecule has 4 nitrogen and oxygen atoms in total. The third-order valence-electron chi connectivity index (χ3n) is 3.16. The number of nitrogens with zero attached hydrogens (tertiary/aromatic N) is 1. The average molecular weight is 279 g/mol. The van der Waals surface area contributed by atoms with E-state index in [0.29, 0.717) is 6.10 Å². The zero-order valence-corrected chi connectivity index (χ0v) is 13.3. The van der Waals surface area contributed by atoms with Crippen molar-refractivity contribution < 1.29 is 4.74 Å². The number of aromatic nitrogens is 1. The van der Waals surface area contributed by atoms with Gasteiger partial charge in [-0.3, -0.25) is 0 Å². The van der Waals surface area contributed by atoms with E-state index in [1.165, 1.54) is 17.7 Å². The van der Waals surface area contributed by atoms with Crippen molar-refractivity contribution in [3.05, 3.63) is 23.4 Å². The van der Waals surface area contributed by atoms with Crippen LogP contribution < -0.4 is 10.6 Å². The van der Waals surface area contributed by atoms with Crippen molar-refractivity contribution >= 4 is 5.82 Å². The fourth-order valence-electron chi connectivity index (χ4n) is 2.01. The van der Waals surface area contributed by atoms with Crippen molar-refractivity contribution in [1.29, 1.82) is 0 Å². The highest BCUT2D eigenvalue weighted by molar-refractivity contribution is 5.43. The Kier molecular flexibility index (Phi) is 8.23. The molecule has 0 unspecified atom stereocenters. The van der Waals surface area contributed by atoms with Gasteiger partial charge in [0.1, 0.15) is 5.82 Å². The summed E-state index contributed by atoms with van der Waals surface area (Å²) in [7, 11) is 1.92. The molecule has 4 heteroatoms. The molecule has 1 aromatic heterocycles. The molecule has 0 aliphatic heterocycles. The van der Waals surface area contributed by atoms with Crippen molar-refractivity contribution in [1.82, 2.24) is 10.3 Å². The van der Waals surface area contributed by atoms with Gasteiger partial charge in [0.05, 0.1) is 12.7 Å². The van der Waals surface area contributed by atoms with Gasteiger partial charge in [0.2, 0.25) is 0 Å². The first kappa shape index (κ1) is 16.9. The lowest BCUT2D eigenvalue weighted by atomic mass is 10.1. The second-order valence-corrected chi connectivity index (χ2v) is 5.34. The minimum Gasteiger partial charge on any atom is -0.377 e. The first-order chi connectivity index (χ1) is 9.63. The molecule has 0 aliphatic rings. The Morgan fingerprint density at radius 2 is 2.00 bits per heavy atom. The van der Waals surface area contributed by atoms with E-state index < -0.39 is 0 Å². The summed E-state index contributed by atoms with van der Waals surface area (Å²) in [6, 6.07) is 4.26. The Morgan fingerprint density at radius 3 is 2.70 bits per heavy atom. The van der Waals surface area contributed by atoms with Gasteiger partial charge >= 0.3 is 0 Å². The summed E-state index contributed by atoms with van der Waals surface area (Å²) in [6.45, 7) is 8.98. The van der Waals surface area contributed by atoms with Crippen molar-refractivity contribution in [2.24, 2.45) is 0 Å². The summed E-state index contributed by atoms with van der Waals surface area (Å²) in [5.74, 6) is 0.992. The van der Waals surface area contributed by atoms with Crippen LogP contribution in [-0.4, -0.2) is 37.8 Å². The van der Waals surface area contributed by atoms with Gasteiger partial charge in [-0.25, -0.2) is 4.98 Å². The second-order valence-electron chi connectivity index (χ2n) is 5.34. The van der Waals surface area contributed by atoms with Crippen molar-refractivity contribution in [2.75, 3.05) is 32.1 Å². The zero-order valence-electron chi connectivity index (χ0n) is 13.3. The van der Waals surface area contributed by atoms with Gasteiger partial charge in [-0.05, 0) is 58.2 Å². The number of unbranched alkanes of at least 4 members (excludes halogenated alkanes) is 1. The van der Waals surface area contributed by atoms with Crippen molar-refractivity contribution in [3.8, 4) is 0 Å². The monoisotopic (exact) mass is 279 g/mol. The molecule has 1 heterocycles. The van der Waals surface area contributed by atoms with Crippen LogP contribution in [0.5, 0.6) is 0 Å². The molecule has 0 aromatic carbocycles. The molecular weight excluding hydrogens is 250 g/mol. The molecule has 0 aliphatic carbocycles. The summed E-state index contributed by atoms with van der Waals surface area (Å²) in [5, 5.41) is 6.53. The summed E-state index contributed by atoms with van der Waals surface area (Å²) in [6.07, 6.45) is 3.70. The summed E-state index contributed by atoms with van der Waals surface area (Å²) >= 11 is 0. The van der Waals surface area contributed by atoms with E-state index in [9.17, 15) is 0 Å². The Morgan fingerprint density at radius 1 is 1.20 bits per heavy atom. The number of pyridine rings is 1. The average Bonchev–Trinajstić information content (AvgIpc) is 2.43. The number of hydrogen-bond acceptors (Lipinski definition) is 4. The minimum absolute atomic E-state index is 0.325. The summed E-state index contributed by atoms with van der Waals surface area (Å²) < 4.78 is 5.47. The lowest BCUT2D eigenvalue weighted by Gasteiger charge is -2.09. The van der Waals surface area contributed by atoms with Crippen LogP contribution in [0.3, 0.4) is 0 Å². The largest absolute Gasteiger partial charge is 0.377 e. The van der Waals surface area contributed by atoms with Gasteiger partial charge in [-0.2, -0.15) is 0 Å². The first-order valence-corrected chi connectivity index (χ1v) is 7.60. The van der Waals surface area contributed by atoms with Gasteiger partial charge < -0.3 is 15.4 Å². The number of nitrogens with one attached hydrogen (secondary N) is 2. The summed E-state index contributed by atoms with van der Waals surface area (Å²) in [5.41, 5.74) is 2.37. The molecule has 0 amide bonds. The lowest BCUT2D eigenvalue weighted by Crippen LogP contribution is -2.22. The Labute approximate surface area is 123 Å². The lowest BCUT2D eigenvalue weighted by molar-refractivity contribution is 0.0809. The van der Waals surface area contributed by atoms with E-state index in [-0.39, 0.29) is 0 Å². The SMILES string of the molecule is CNc1nc(CCCCNCCOC(C)C)ccc1C. The Balaban J connectivity index is 2.09. The zero-order chi connectivity index (χ0) is 14.8. The van der Waals surface area contributed by atoms with Crippen LogP contribution in [0, 0.1) is 6.92 Å². The maximum atomic E-state index is 5.47. The van der Waals surface area contributed by atoms with Crippen molar-refractivity contribution in [3.63, 3.8) is 0 Å². The third kappa shape index (κ3) is 6.87. The first-order valence-electron chi connectivity index (χ1n) is 7.60. The van der Waals surface area contributed by atoms with E-state index >= 15 is 0 Å². The molecule has 114 valence electrons. The molecule has 0 atom stereocenters. The molecular formula is C16H29N3O. The van der Waals surface area contributed by atoms with Gasteiger partial charge in [0.15, 0.2) is 0 Å². The maximum Gasteiger partial charge on any atom is 0.128 e. The predicted octanol–water partition coefficient (Wildman–Crippen LogP) is 2.77. The normalized spacial score (nSPS) is 11.1. The van der Waals surface area contributed by atoms with E-state index in [0.717, 1.165) is 38.4 Å². The number of hydrogen-bond donors (Lipinski definition) is 2. The topological polar surface area (TPSA) is 46.2 Å².